The summed E-state index contributed by atoms with van der Waals surface area (Å²) in [5.41, 5.74) is 2.00. The normalized spacial score (nSPS) is 19.2. The van der Waals surface area contributed by atoms with E-state index in [1.54, 1.807) is 6.07 Å². The quantitative estimate of drug-likeness (QED) is 0.447. The molecule has 3 N–H and O–H groups in total. The van der Waals surface area contributed by atoms with E-state index in [0.717, 1.165) is 36.9 Å². The van der Waals surface area contributed by atoms with Gasteiger partial charge in [0.05, 0.1) is 17.9 Å². The van der Waals surface area contributed by atoms with Gasteiger partial charge < -0.3 is 16.0 Å². The molecule has 1 saturated heterocycles. The van der Waals surface area contributed by atoms with E-state index < -0.39 is 5.82 Å². The highest BCUT2D eigenvalue weighted by atomic mass is 19.1. The van der Waals surface area contributed by atoms with E-state index in [9.17, 15) is 0 Å². The number of anilines is 3. The Hall–Kier alpha value is -3.65. The maximum atomic E-state index is 15.1. The van der Waals surface area contributed by atoms with Crippen molar-refractivity contribution in [3.63, 3.8) is 0 Å². The van der Waals surface area contributed by atoms with Gasteiger partial charge in [0.15, 0.2) is 0 Å². The van der Waals surface area contributed by atoms with Crippen LogP contribution < -0.4 is 16.0 Å². The molecule has 3 aromatic rings. The van der Waals surface area contributed by atoms with Crippen LogP contribution in [0.4, 0.5) is 27.5 Å². The molecular weight excluding hydrogens is 447 g/mol. The van der Waals surface area contributed by atoms with Crippen LogP contribution in [-0.4, -0.2) is 47.3 Å². The first-order chi connectivity index (χ1) is 16.6. The minimum atomic E-state index is -0.405. The van der Waals surface area contributed by atoms with Crippen LogP contribution in [0.1, 0.15) is 64.9 Å². The number of hydrogen-bond acceptors (Lipinski definition) is 8. The van der Waals surface area contributed by atoms with Crippen molar-refractivity contribution < 1.29 is 4.39 Å². The molecular formula is C24H29FN10. The molecule has 5 rings (SSSR count). The van der Waals surface area contributed by atoms with E-state index in [2.05, 4.69) is 74.0 Å². The number of nitrogens with one attached hydrogen (secondary N) is 3. The summed E-state index contributed by atoms with van der Waals surface area (Å²) in [6, 6.07) is 3.32. The summed E-state index contributed by atoms with van der Waals surface area (Å²) in [4.78, 5) is 12.4. The summed E-state index contributed by atoms with van der Waals surface area (Å²) in [6.45, 7) is 16.2. The molecule has 1 aliphatic carbocycles. The highest BCUT2D eigenvalue weighted by molar-refractivity contribution is 5.68. The number of hydrogen-bond donors (Lipinski definition) is 3. The second-order valence-electron chi connectivity index (χ2n) is 10.7. The monoisotopic (exact) mass is 476 g/mol. The lowest BCUT2D eigenvalue weighted by atomic mass is 9.79. The van der Waals surface area contributed by atoms with Crippen LogP contribution >= 0.6 is 0 Å². The van der Waals surface area contributed by atoms with Crippen molar-refractivity contribution in [2.24, 2.45) is 0 Å². The Bertz CT molecular complexity index is 1260. The zero-order chi connectivity index (χ0) is 24.8. The second kappa shape index (κ2) is 8.53. The number of nitrogens with zero attached hydrogens (tertiary/aromatic N) is 7. The van der Waals surface area contributed by atoms with Gasteiger partial charge in [-0.05, 0) is 87.4 Å². The summed E-state index contributed by atoms with van der Waals surface area (Å²) in [6.07, 6.45) is 6.72. The van der Waals surface area contributed by atoms with Crippen LogP contribution in [-0.2, 0) is 0 Å². The van der Waals surface area contributed by atoms with Gasteiger partial charge in [0.2, 0.25) is 11.6 Å². The average molecular weight is 477 g/mol. The molecule has 1 saturated carbocycles. The Balaban J connectivity index is 1.43. The zero-order valence-corrected chi connectivity index (χ0v) is 20.3. The van der Waals surface area contributed by atoms with Gasteiger partial charge in [-0.2, -0.15) is 0 Å². The van der Waals surface area contributed by atoms with Crippen LogP contribution in [0.5, 0.6) is 0 Å². The van der Waals surface area contributed by atoms with E-state index in [-0.39, 0.29) is 28.8 Å². The molecule has 2 aliphatic rings. The van der Waals surface area contributed by atoms with Crippen LogP contribution in [0, 0.1) is 12.4 Å². The average Bonchev–Trinajstić information content (AvgIpc) is 3.46. The fraction of sp³-hybridized carbons (Fsp3) is 0.500. The van der Waals surface area contributed by atoms with Gasteiger partial charge in [0, 0.05) is 23.3 Å². The molecule has 2 aromatic heterocycles. The molecule has 182 valence electrons. The lowest BCUT2D eigenvalue weighted by Gasteiger charge is -2.46. The SMILES string of the molecule is [C-]#[N+]c1cnc(Nc2cc(-n3cnnn3)c(C3CC3)cc2F)nc1NC1CC(C)(C)NC(C)(C)C1. The number of benzene rings is 1. The van der Waals surface area contributed by atoms with Crippen molar-refractivity contribution in [3.8, 4) is 5.69 Å². The number of piperidine rings is 1. The number of halogens is 1. The molecule has 0 amide bonds. The fourth-order valence-electron chi connectivity index (χ4n) is 5.23. The first-order valence-corrected chi connectivity index (χ1v) is 11.8. The third kappa shape index (κ3) is 5.07. The molecule has 3 heterocycles. The topological polar surface area (TPSA) is 110 Å². The van der Waals surface area contributed by atoms with Crippen molar-refractivity contribution in [1.82, 2.24) is 35.5 Å². The van der Waals surface area contributed by atoms with E-state index in [4.69, 9.17) is 6.57 Å². The molecule has 1 aromatic carbocycles. The van der Waals surface area contributed by atoms with E-state index >= 15 is 4.39 Å². The van der Waals surface area contributed by atoms with Crippen LogP contribution in [0.25, 0.3) is 10.5 Å². The first-order valence-electron chi connectivity index (χ1n) is 11.8. The first kappa shape index (κ1) is 23.1. The van der Waals surface area contributed by atoms with Gasteiger partial charge >= 0.3 is 0 Å². The van der Waals surface area contributed by atoms with Crippen molar-refractivity contribution in [2.75, 3.05) is 10.6 Å². The molecule has 35 heavy (non-hydrogen) atoms. The van der Waals surface area contributed by atoms with Gasteiger partial charge in [-0.1, -0.05) is 0 Å². The highest BCUT2D eigenvalue weighted by Crippen LogP contribution is 2.44. The number of aromatic nitrogens is 6. The number of rotatable bonds is 6. The standard InChI is InChI=1S/C24H29FN10/c1-23(2)10-15(11-24(3,4)32-23)29-21-19(26-5)12-27-22(31-21)30-18-9-20(35-13-28-33-34-35)16(8-17(18)25)14-6-7-14/h8-9,12-15,32H,6-7,10-11H2,1-4H3,(H2,27,29,30,31). The maximum absolute atomic E-state index is 15.1. The smallest absolute Gasteiger partial charge is 0.246 e. The molecule has 11 heteroatoms. The summed E-state index contributed by atoms with van der Waals surface area (Å²) >= 11 is 0. The van der Waals surface area contributed by atoms with E-state index in [1.165, 1.54) is 23.3 Å². The van der Waals surface area contributed by atoms with Crippen molar-refractivity contribution in [3.05, 3.63) is 47.5 Å². The number of tetrazole rings is 1. The third-order valence-electron chi connectivity index (χ3n) is 6.40. The minimum absolute atomic E-state index is 0.0646. The maximum Gasteiger partial charge on any atom is 0.246 e. The fourth-order valence-corrected chi connectivity index (χ4v) is 5.23. The Morgan fingerprint density at radius 3 is 2.54 bits per heavy atom. The zero-order valence-electron chi connectivity index (χ0n) is 20.3. The molecule has 0 spiro atoms. The molecule has 0 bridgehead atoms. The van der Waals surface area contributed by atoms with Crippen LogP contribution in [0.3, 0.4) is 0 Å². The predicted molar refractivity (Wildman–Crippen MR) is 131 cm³/mol. The summed E-state index contributed by atoms with van der Waals surface area (Å²) in [7, 11) is 0. The molecule has 0 radical (unpaired) electrons. The van der Waals surface area contributed by atoms with Crippen molar-refractivity contribution in [2.45, 2.75) is 76.4 Å². The minimum Gasteiger partial charge on any atom is -0.376 e. The second-order valence-corrected chi connectivity index (χ2v) is 10.7. The lowest BCUT2D eigenvalue weighted by molar-refractivity contribution is 0.170. The largest absolute Gasteiger partial charge is 0.376 e. The van der Waals surface area contributed by atoms with Gasteiger partial charge in [-0.3, -0.25) is 0 Å². The molecule has 0 unspecified atom stereocenters. The molecule has 10 nitrogen and oxygen atoms in total. The van der Waals surface area contributed by atoms with Crippen molar-refractivity contribution in [1.29, 1.82) is 0 Å². The predicted octanol–water partition coefficient (Wildman–Crippen LogP) is 4.48. The Morgan fingerprint density at radius 1 is 1.17 bits per heavy atom. The highest BCUT2D eigenvalue weighted by Gasteiger charge is 2.38. The molecule has 2 fully saturated rings. The van der Waals surface area contributed by atoms with E-state index in [1.807, 2.05) is 0 Å². The lowest BCUT2D eigenvalue weighted by Crippen LogP contribution is -2.60. The Labute approximate surface area is 203 Å². The van der Waals surface area contributed by atoms with Gasteiger partial charge in [-0.25, -0.2) is 23.9 Å². The van der Waals surface area contributed by atoms with Gasteiger partial charge in [-0.15, -0.1) is 5.10 Å². The van der Waals surface area contributed by atoms with Gasteiger partial charge in [0.1, 0.15) is 18.0 Å². The van der Waals surface area contributed by atoms with Crippen molar-refractivity contribution >= 4 is 23.1 Å². The third-order valence-corrected chi connectivity index (χ3v) is 6.40. The van der Waals surface area contributed by atoms with Crippen LogP contribution in [0.2, 0.25) is 0 Å². The van der Waals surface area contributed by atoms with E-state index in [0.29, 0.717) is 17.4 Å². The molecule has 1 aliphatic heterocycles. The Kier molecular flexibility index (Phi) is 5.63. The summed E-state index contributed by atoms with van der Waals surface area (Å²) in [5.74, 6) is 0.541. The van der Waals surface area contributed by atoms with Crippen LogP contribution in [0.15, 0.2) is 24.7 Å². The summed E-state index contributed by atoms with van der Waals surface area (Å²) in [5, 5.41) is 21.5. The van der Waals surface area contributed by atoms with Gasteiger partial charge in [0.25, 0.3) is 0 Å². The Morgan fingerprint density at radius 2 is 1.91 bits per heavy atom. The summed E-state index contributed by atoms with van der Waals surface area (Å²) < 4.78 is 16.6. The molecule has 0 atom stereocenters.